The van der Waals surface area contributed by atoms with E-state index in [-0.39, 0.29) is 11.9 Å². The van der Waals surface area contributed by atoms with Crippen LogP contribution in [0.3, 0.4) is 0 Å². The molecule has 7 nitrogen and oxygen atoms in total. The van der Waals surface area contributed by atoms with Gasteiger partial charge in [-0.1, -0.05) is 97.8 Å². The Morgan fingerprint density at radius 2 is 1.20 bits per heavy atom. The number of hydrogen-bond acceptors (Lipinski definition) is 7. The first-order valence-electron chi connectivity index (χ1n) is 21.3. The van der Waals surface area contributed by atoms with Crippen molar-refractivity contribution in [3.05, 3.63) is 12.4 Å². The third-order valence-electron chi connectivity index (χ3n) is 11.1. The van der Waals surface area contributed by atoms with E-state index in [1.54, 1.807) is 0 Å². The largest absolute Gasteiger partial charge is 0.466 e. The lowest BCUT2D eigenvalue weighted by molar-refractivity contribution is -0.150. The molecule has 3 saturated carbocycles. The first-order valence-corrected chi connectivity index (χ1v) is 21.3. The van der Waals surface area contributed by atoms with E-state index >= 15 is 0 Å². The number of carbonyl (C=O) groups is 2. The molecule has 0 amide bonds. The Morgan fingerprint density at radius 1 is 0.694 bits per heavy atom. The smallest absolute Gasteiger partial charge is 0.305 e. The molecule has 0 unspecified atom stereocenters. The van der Waals surface area contributed by atoms with Gasteiger partial charge in [-0.3, -0.25) is 9.59 Å². The molecule has 3 fully saturated rings. The lowest BCUT2D eigenvalue weighted by atomic mass is 9.61. The van der Waals surface area contributed by atoms with Crippen molar-refractivity contribution in [2.45, 2.75) is 188 Å². The number of rotatable bonds is 30. The van der Waals surface area contributed by atoms with Crippen LogP contribution in [0.1, 0.15) is 188 Å². The topological polar surface area (TPSA) is 71.1 Å². The van der Waals surface area contributed by atoms with Gasteiger partial charge < -0.3 is 24.6 Å². The van der Waals surface area contributed by atoms with Gasteiger partial charge in [0.15, 0.2) is 0 Å². The molecule has 4 rings (SSSR count). The summed E-state index contributed by atoms with van der Waals surface area (Å²) in [6.07, 6.45) is 34.7. The van der Waals surface area contributed by atoms with Crippen LogP contribution in [0, 0.1) is 11.3 Å². The van der Waals surface area contributed by atoms with Crippen LogP contribution in [0.25, 0.3) is 0 Å². The molecule has 2 bridgehead atoms. The summed E-state index contributed by atoms with van der Waals surface area (Å²) in [5.41, 5.74) is 0.320. The molecule has 1 aliphatic heterocycles. The van der Waals surface area contributed by atoms with Crippen LogP contribution < -0.4 is 5.32 Å². The molecule has 0 radical (unpaired) electrons. The monoisotopic (exact) mass is 690 g/mol. The Kier molecular flexibility index (Phi) is 25.6. The van der Waals surface area contributed by atoms with E-state index in [9.17, 15) is 9.59 Å². The number of ether oxygens (including phenoxy) is 2. The second kappa shape index (κ2) is 28.9. The minimum Gasteiger partial charge on any atom is -0.466 e. The number of hydrogen-bond donors (Lipinski definition) is 1. The molecular formula is C42H79N3O4. The lowest BCUT2D eigenvalue weighted by Crippen LogP contribution is -2.38. The fourth-order valence-electron chi connectivity index (χ4n) is 7.82. The standard InChI is InChI=1S/C40H73N3O4.C2H6/c1-2-3-4-5-6-13-18-34-46-38(44)20-14-9-7-11-16-29-42(31-19-32-43-33-28-41-36-43)30-17-12-8-10-15-21-39(45)47-35-40-25-22-37(23-26-40)24-27-40;1-2/h28,33,37,41H,2-27,29-32,34-36H2,1H3;1-2H3. The fraction of sp³-hybridized carbons (Fsp3) is 0.905. The second-order valence-corrected chi connectivity index (χ2v) is 15.2. The second-order valence-electron chi connectivity index (χ2n) is 15.2. The Labute approximate surface area is 303 Å². The molecular weight excluding hydrogens is 610 g/mol. The quantitative estimate of drug-likeness (QED) is 0.0594. The van der Waals surface area contributed by atoms with E-state index in [1.165, 1.54) is 135 Å². The van der Waals surface area contributed by atoms with Crippen LogP contribution in [0.4, 0.5) is 0 Å². The van der Waals surface area contributed by atoms with Gasteiger partial charge in [-0.05, 0) is 103 Å². The summed E-state index contributed by atoms with van der Waals surface area (Å²) >= 11 is 0. The lowest BCUT2D eigenvalue weighted by Gasteiger charge is -2.46. The molecule has 3 aliphatic carbocycles. The molecule has 0 aromatic heterocycles. The first kappa shape index (κ1) is 43.4. The normalized spacial score (nSPS) is 19.5. The van der Waals surface area contributed by atoms with Crippen LogP contribution in [0.5, 0.6) is 0 Å². The highest BCUT2D eigenvalue weighted by molar-refractivity contribution is 5.69. The van der Waals surface area contributed by atoms with Gasteiger partial charge in [0.2, 0.25) is 0 Å². The van der Waals surface area contributed by atoms with Crippen molar-refractivity contribution >= 4 is 11.9 Å². The first-order chi connectivity index (χ1) is 24.1. The molecule has 0 atom stereocenters. The molecule has 49 heavy (non-hydrogen) atoms. The zero-order valence-corrected chi connectivity index (χ0v) is 32.6. The Morgan fingerprint density at radius 3 is 1.78 bits per heavy atom. The zero-order chi connectivity index (χ0) is 35.3. The average Bonchev–Trinajstić information content (AvgIpc) is 3.66. The molecule has 7 heteroatoms. The maximum atomic E-state index is 12.4. The maximum Gasteiger partial charge on any atom is 0.305 e. The van der Waals surface area contributed by atoms with E-state index < -0.39 is 0 Å². The predicted molar refractivity (Wildman–Crippen MR) is 205 cm³/mol. The van der Waals surface area contributed by atoms with Crippen molar-refractivity contribution in [2.75, 3.05) is 46.1 Å². The highest BCUT2D eigenvalue weighted by atomic mass is 16.5. The summed E-state index contributed by atoms with van der Waals surface area (Å²) in [5.74, 6) is 0.972. The van der Waals surface area contributed by atoms with Crippen molar-refractivity contribution < 1.29 is 19.1 Å². The van der Waals surface area contributed by atoms with Crippen molar-refractivity contribution in [1.82, 2.24) is 15.1 Å². The van der Waals surface area contributed by atoms with E-state index in [0.717, 1.165) is 57.8 Å². The highest BCUT2D eigenvalue weighted by Crippen LogP contribution is 2.50. The Hall–Kier alpha value is -1.76. The van der Waals surface area contributed by atoms with Crippen LogP contribution in [-0.2, 0) is 19.1 Å². The van der Waals surface area contributed by atoms with Gasteiger partial charge in [0.05, 0.1) is 19.9 Å². The van der Waals surface area contributed by atoms with E-state index in [1.807, 2.05) is 20.0 Å². The van der Waals surface area contributed by atoms with Gasteiger partial charge in [-0.15, -0.1) is 0 Å². The minimum absolute atomic E-state index is 0.00820. The number of nitrogens with one attached hydrogen (secondary N) is 1. The molecule has 0 saturated heterocycles. The Bertz CT molecular complexity index is 828. The van der Waals surface area contributed by atoms with Gasteiger partial charge in [-0.2, -0.15) is 0 Å². The van der Waals surface area contributed by atoms with Crippen molar-refractivity contribution in [3.63, 3.8) is 0 Å². The fourth-order valence-corrected chi connectivity index (χ4v) is 7.82. The minimum atomic E-state index is -0.00820. The number of unbranched alkanes of at least 4 members (excludes halogenated alkanes) is 14. The van der Waals surface area contributed by atoms with Crippen molar-refractivity contribution in [3.8, 4) is 0 Å². The molecule has 1 N–H and O–H groups in total. The third-order valence-corrected chi connectivity index (χ3v) is 11.1. The van der Waals surface area contributed by atoms with E-state index in [0.29, 0.717) is 31.5 Å². The summed E-state index contributed by atoms with van der Waals surface area (Å²) in [6, 6.07) is 0. The molecule has 4 aliphatic rings. The van der Waals surface area contributed by atoms with Crippen molar-refractivity contribution in [2.24, 2.45) is 11.3 Å². The number of fused-ring (bicyclic) bond motifs is 3. The molecule has 0 spiro atoms. The summed E-state index contributed by atoms with van der Waals surface area (Å²) in [4.78, 5) is 29.4. The van der Waals surface area contributed by atoms with Gasteiger partial charge in [0.25, 0.3) is 0 Å². The van der Waals surface area contributed by atoms with E-state index in [2.05, 4.69) is 28.2 Å². The Balaban J connectivity index is 0.00000409. The zero-order valence-electron chi connectivity index (χ0n) is 32.6. The number of esters is 2. The maximum absolute atomic E-state index is 12.4. The van der Waals surface area contributed by atoms with Crippen LogP contribution in [0.15, 0.2) is 12.4 Å². The summed E-state index contributed by atoms with van der Waals surface area (Å²) in [7, 11) is 0. The third kappa shape index (κ3) is 21.3. The van der Waals surface area contributed by atoms with Gasteiger partial charge in [0.1, 0.15) is 0 Å². The molecule has 286 valence electrons. The van der Waals surface area contributed by atoms with Crippen LogP contribution in [0.2, 0.25) is 0 Å². The van der Waals surface area contributed by atoms with Crippen LogP contribution >= 0.6 is 0 Å². The molecule has 0 aromatic carbocycles. The average molecular weight is 690 g/mol. The van der Waals surface area contributed by atoms with Gasteiger partial charge in [0, 0.05) is 37.2 Å². The molecule has 1 heterocycles. The van der Waals surface area contributed by atoms with Gasteiger partial charge in [-0.25, -0.2) is 0 Å². The number of carbonyl (C=O) groups excluding carboxylic acids is 2. The SMILES string of the molecule is CC.CCCCCCCCCOC(=O)CCCCCCCN(CCCCCCCC(=O)OCC12CCC(CC1)CC2)CCCN1C=CNC1. The van der Waals surface area contributed by atoms with Gasteiger partial charge >= 0.3 is 11.9 Å². The number of nitrogens with zero attached hydrogens (tertiary/aromatic N) is 2. The van der Waals surface area contributed by atoms with Crippen LogP contribution in [-0.4, -0.2) is 67.8 Å². The predicted octanol–water partition coefficient (Wildman–Crippen LogP) is 10.5. The van der Waals surface area contributed by atoms with Crippen molar-refractivity contribution in [1.29, 1.82) is 0 Å². The summed E-state index contributed by atoms with van der Waals surface area (Å²) in [5, 5.41) is 3.27. The van der Waals surface area contributed by atoms with E-state index in [4.69, 9.17) is 9.47 Å². The summed E-state index contributed by atoms with van der Waals surface area (Å²) in [6.45, 7) is 13.1. The highest BCUT2D eigenvalue weighted by Gasteiger charge is 2.41. The molecule has 0 aromatic rings. The summed E-state index contributed by atoms with van der Waals surface area (Å²) < 4.78 is 11.2.